The lowest BCUT2D eigenvalue weighted by Gasteiger charge is -1.95. The van der Waals surface area contributed by atoms with Crippen molar-refractivity contribution in [2.45, 2.75) is 78.1 Å². The zero-order chi connectivity index (χ0) is 13.3. The first-order valence-electron chi connectivity index (χ1n) is 7.72. The summed E-state index contributed by atoms with van der Waals surface area (Å²) >= 11 is 0. The molecule has 0 aliphatic carbocycles. The third-order valence-electron chi connectivity index (χ3n) is 2.93. The Hall–Kier alpha value is 0.340. The van der Waals surface area contributed by atoms with E-state index in [9.17, 15) is 0 Å². The van der Waals surface area contributed by atoms with Crippen molar-refractivity contribution in [3.05, 3.63) is 23.8 Å². The molecule has 0 fully saturated rings. The molecule has 2 unspecified atom stereocenters. The Morgan fingerprint density at radius 2 is 1.06 bits per heavy atom. The van der Waals surface area contributed by atoms with Gasteiger partial charge < -0.3 is 0 Å². The van der Waals surface area contributed by atoms with Crippen molar-refractivity contribution in [1.29, 1.82) is 0 Å². The summed E-state index contributed by atoms with van der Waals surface area (Å²) in [6, 6.07) is 0. The zero-order valence-corrected chi connectivity index (χ0v) is 14.4. The van der Waals surface area contributed by atoms with Crippen LogP contribution in [0.1, 0.15) is 78.1 Å². The third-order valence-corrected chi connectivity index (χ3v) is 5.41. The van der Waals surface area contributed by atoms with Crippen molar-refractivity contribution in [2.24, 2.45) is 0 Å². The highest BCUT2D eigenvalue weighted by atomic mass is 32.0. The van der Waals surface area contributed by atoms with E-state index in [0.29, 0.717) is 0 Å². The van der Waals surface area contributed by atoms with Gasteiger partial charge in [-0.25, -0.2) is 0 Å². The summed E-state index contributed by atoms with van der Waals surface area (Å²) in [6.45, 7) is 4.54. The van der Waals surface area contributed by atoms with Crippen LogP contribution in [0.2, 0.25) is 0 Å². The van der Waals surface area contributed by atoms with Gasteiger partial charge in [-0.15, -0.1) is 0 Å². The molecule has 0 amide bonds. The van der Waals surface area contributed by atoms with Crippen LogP contribution in [0.15, 0.2) is 23.8 Å². The first-order valence-corrected chi connectivity index (χ1v) is 10.9. The van der Waals surface area contributed by atoms with E-state index in [1.165, 1.54) is 64.2 Å². The number of hydrogen-bond donors (Lipinski definition) is 0. The summed E-state index contributed by atoms with van der Waals surface area (Å²) in [5.74, 6) is 4.79. The summed E-state index contributed by atoms with van der Waals surface area (Å²) < 4.78 is 0. The average molecular weight is 286 g/mol. The summed E-state index contributed by atoms with van der Waals surface area (Å²) in [5.41, 5.74) is 0. The van der Waals surface area contributed by atoms with E-state index in [0.717, 1.165) is 16.5 Å². The van der Waals surface area contributed by atoms with E-state index in [-0.39, 0.29) is 0 Å². The second-order valence-corrected chi connectivity index (χ2v) is 7.77. The topological polar surface area (TPSA) is 0 Å². The first-order chi connectivity index (χ1) is 8.91. The number of rotatable bonds is 13. The molecule has 0 saturated carbocycles. The van der Waals surface area contributed by atoms with Crippen molar-refractivity contribution >= 4 is 16.5 Å². The SMILES string of the molecule is CCCCCCC=CPPC=CCCCCCC. The molecule has 106 valence electrons. The maximum Gasteiger partial charge on any atom is -0.0347 e. The minimum absolute atomic E-state index is 1.02. The second kappa shape index (κ2) is 17.3. The van der Waals surface area contributed by atoms with Crippen molar-refractivity contribution in [2.75, 3.05) is 0 Å². The number of unbranched alkanes of at least 4 members (excludes halogenated alkanes) is 8. The van der Waals surface area contributed by atoms with E-state index in [2.05, 4.69) is 37.6 Å². The molecule has 0 radical (unpaired) electrons. The van der Waals surface area contributed by atoms with Gasteiger partial charge in [0, 0.05) is 0 Å². The van der Waals surface area contributed by atoms with Crippen molar-refractivity contribution < 1.29 is 0 Å². The summed E-state index contributed by atoms with van der Waals surface area (Å²) in [5, 5.41) is 0. The van der Waals surface area contributed by atoms with Gasteiger partial charge in [0.15, 0.2) is 0 Å². The molecule has 0 aromatic rings. The molecule has 2 heteroatoms. The molecule has 0 nitrogen and oxygen atoms in total. The Kier molecular flexibility index (Phi) is 17.7. The molecule has 0 aromatic carbocycles. The molecule has 0 spiro atoms. The van der Waals surface area contributed by atoms with Gasteiger partial charge in [-0.2, -0.15) is 0 Å². The van der Waals surface area contributed by atoms with Crippen LogP contribution in [0.3, 0.4) is 0 Å². The highest BCUT2D eigenvalue weighted by molar-refractivity contribution is 8.14. The molecular weight excluding hydrogens is 254 g/mol. The highest BCUT2D eigenvalue weighted by Gasteiger charge is 1.85. The maximum absolute atomic E-state index is 2.39. The van der Waals surface area contributed by atoms with Crippen LogP contribution in [0.5, 0.6) is 0 Å². The largest absolute Gasteiger partial charge is 0.0840 e. The van der Waals surface area contributed by atoms with Crippen molar-refractivity contribution in [3.8, 4) is 0 Å². The Bertz CT molecular complexity index is 175. The Balaban J connectivity index is 3.13. The van der Waals surface area contributed by atoms with Gasteiger partial charge in [0.05, 0.1) is 0 Å². The van der Waals surface area contributed by atoms with Crippen LogP contribution in [-0.4, -0.2) is 0 Å². The van der Waals surface area contributed by atoms with Gasteiger partial charge >= 0.3 is 0 Å². The van der Waals surface area contributed by atoms with E-state index >= 15 is 0 Å². The fourth-order valence-electron chi connectivity index (χ4n) is 1.76. The fraction of sp³-hybridized carbons (Fsp3) is 0.750. The van der Waals surface area contributed by atoms with Gasteiger partial charge in [0.2, 0.25) is 0 Å². The van der Waals surface area contributed by atoms with Crippen molar-refractivity contribution in [3.63, 3.8) is 0 Å². The van der Waals surface area contributed by atoms with E-state index in [4.69, 9.17) is 0 Å². The van der Waals surface area contributed by atoms with Gasteiger partial charge in [-0.1, -0.05) is 92.7 Å². The van der Waals surface area contributed by atoms with Crippen LogP contribution < -0.4 is 0 Å². The van der Waals surface area contributed by atoms with E-state index in [1.54, 1.807) is 0 Å². The van der Waals surface area contributed by atoms with Crippen LogP contribution in [0.4, 0.5) is 0 Å². The van der Waals surface area contributed by atoms with Crippen LogP contribution in [-0.2, 0) is 0 Å². The quantitative estimate of drug-likeness (QED) is 0.247. The molecule has 18 heavy (non-hydrogen) atoms. The third kappa shape index (κ3) is 16.3. The number of allylic oxidation sites excluding steroid dienone is 2. The van der Waals surface area contributed by atoms with Crippen LogP contribution in [0.25, 0.3) is 0 Å². The van der Waals surface area contributed by atoms with Gasteiger partial charge in [-0.05, 0) is 25.7 Å². The lowest BCUT2D eigenvalue weighted by Crippen LogP contribution is -1.72. The zero-order valence-electron chi connectivity index (χ0n) is 12.4. The second-order valence-electron chi connectivity index (χ2n) is 4.79. The maximum atomic E-state index is 2.39. The Morgan fingerprint density at radius 3 is 1.44 bits per heavy atom. The van der Waals surface area contributed by atoms with Crippen LogP contribution >= 0.6 is 16.5 Å². The van der Waals surface area contributed by atoms with Crippen LogP contribution in [0, 0.1) is 0 Å². The highest BCUT2D eigenvalue weighted by Crippen LogP contribution is 2.39. The first kappa shape index (κ1) is 18.3. The molecule has 0 saturated heterocycles. The minimum atomic E-state index is 1.02. The minimum Gasteiger partial charge on any atom is -0.0840 e. The van der Waals surface area contributed by atoms with Gasteiger partial charge in [0.25, 0.3) is 0 Å². The standard InChI is InChI=1S/C16H32P2/c1-3-5-7-9-11-13-15-17-18-16-14-12-10-8-6-4-2/h13-18H,3-12H2,1-2H3. The molecule has 0 aliphatic heterocycles. The number of hydrogen-bond acceptors (Lipinski definition) is 0. The molecule has 0 aliphatic rings. The molecule has 0 N–H and O–H groups in total. The molecule has 0 aromatic heterocycles. The normalized spacial score (nSPS) is 13.2. The van der Waals surface area contributed by atoms with Gasteiger partial charge in [-0.3, -0.25) is 0 Å². The molecule has 0 bridgehead atoms. The molecule has 2 atom stereocenters. The summed E-state index contributed by atoms with van der Waals surface area (Å²) in [4.78, 5) is 0. The molecule has 0 rings (SSSR count). The predicted octanol–water partition coefficient (Wildman–Crippen LogP) is 7.23. The van der Waals surface area contributed by atoms with E-state index in [1.807, 2.05) is 0 Å². The lowest BCUT2D eigenvalue weighted by atomic mass is 10.2. The monoisotopic (exact) mass is 286 g/mol. The fourth-order valence-corrected chi connectivity index (χ4v) is 3.80. The molecular formula is C16H32P2. The van der Waals surface area contributed by atoms with E-state index < -0.39 is 0 Å². The Labute approximate surface area is 119 Å². The summed E-state index contributed by atoms with van der Waals surface area (Å²) in [7, 11) is 2.03. The van der Waals surface area contributed by atoms with Gasteiger partial charge in [0.1, 0.15) is 0 Å². The van der Waals surface area contributed by atoms with Crippen molar-refractivity contribution in [1.82, 2.24) is 0 Å². The lowest BCUT2D eigenvalue weighted by molar-refractivity contribution is 0.675. The predicted molar refractivity (Wildman–Crippen MR) is 92.4 cm³/mol. The molecule has 0 heterocycles. The average Bonchev–Trinajstić information content (AvgIpc) is 2.39. The summed E-state index contributed by atoms with van der Waals surface area (Å²) in [6.07, 6.45) is 18.4. The Morgan fingerprint density at radius 1 is 0.611 bits per heavy atom. The smallest absolute Gasteiger partial charge is 0.0347 e.